The smallest absolute Gasteiger partial charge is 0.200 e. The van der Waals surface area contributed by atoms with Crippen molar-refractivity contribution in [2.24, 2.45) is 0 Å². The molecule has 4 aromatic heterocycles. The Kier molecular flexibility index (Phi) is 4.82. The number of β-amino-alcohol motifs (C(OH)–C–C–N with tert-alkyl or cyclic N) is 1. The summed E-state index contributed by atoms with van der Waals surface area (Å²) in [5.41, 5.74) is 2.65. The summed E-state index contributed by atoms with van der Waals surface area (Å²) in [5.74, 6) is 0.443. The van der Waals surface area contributed by atoms with Gasteiger partial charge in [0.15, 0.2) is 11.6 Å². The van der Waals surface area contributed by atoms with E-state index in [1.54, 1.807) is 16.8 Å². The molecule has 0 spiro atoms. The minimum absolute atomic E-state index is 0.279. The van der Waals surface area contributed by atoms with Crippen LogP contribution in [-0.4, -0.2) is 53.8 Å². The van der Waals surface area contributed by atoms with Gasteiger partial charge in [0, 0.05) is 38.2 Å². The highest BCUT2D eigenvalue weighted by molar-refractivity contribution is 5.78. The van der Waals surface area contributed by atoms with Gasteiger partial charge in [-0.05, 0) is 36.2 Å². The summed E-state index contributed by atoms with van der Waals surface area (Å²) in [7, 11) is 0. The molecule has 8 nitrogen and oxygen atoms in total. The third kappa shape index (κ3) is 3.60. The Labute approximate surface area is 172 Å². The first-order chi connectivity index (χ1) is 14.7. The highest BCUT2D eigenvalue weighted by Gasteiger charge is 2.23. The molecule has 0 aromatic carbocycles. The average Bonchev–Trinajstić information content (AvgIpc) is 3.36. The Morgan fingerprint density at radius 2 is 2.13 bits per heavy atom. The van der Waals surface area contributed by atoms with Gasteiger partial charge in [0.2, 0.25) is 5.82 Å². The molecule has 9 heteroatoms. The maximum Gasteiger partial charge on any atom is 0.200 e. The van der Waals surface area contributed by atoms with E-state index in [-0.39, 0.29) is 11.8 Å². The van der Waals surface area contributed by atoms with Crippen LogP contribution in [0.2, 0.25) is 0 Å². The first-order valence-corrected chi connectivity index (χ1v) is 9.74. The highest BCUT2D eigenvalue weighted by Crippen LogP contribution is 2.28. The van der Waals surface area contributed by atoms with Crippen molar-refractivity contribution < 1.29 is 9.50 Å². The van der Waals surface area contributed by atoms with E-state index in [9.17, 15) is 9.50 Å². The molecular weight excluding hydrogens is 385 g/mol. The van der Waals surface area contributed by atoms with E-state index < -0.39 is 5.82 Å². The van der Waals surface area contributed by atoms with Gasteiger partial charge in [-0.2, -0.15) is 0 Å². The number of hydrogen-bond donors (Lipinski definition) is 2. The minimum Gasteiger partial charge on any atom is -0.392 e. The van der Waals surface area contributed by atoms with Gasteiger partial charge in [-0.15, -0.1) is 5.10 Å². The molecule has 1 atom stereocenters. The third-order valence-electron chi connectivity index (χ3n) is 5.16. The molecule has 4 aromatic rings. The second kappa shape index (κ2) is 7.77. The molecule has 0 saturated carbocycles. The van der Waals surface area contributed by atoms with Gasteiger partial charge in [0.25, 0.3) is 0 Å². The molecule has 5 heterocycles. The van der Waals surface area contributed by atoms with Gasteiger partial charge in [-0.1, -0.05) is 6.07 Å². The standard InChI is InChI=1S/C21H20FN7O/c22-16-11-23-8-4-17(16)25-21-19-14(12-28-9-6-15(30)13-28)5-10-29(19)27-20(26-21)18-3-1-2-7-24-18/h1-5,7-8,10-11,15,30H,6,9,12-13H2,(H,23,25,26,27)/t15-/m0/s1. The van der Waals surface area contributed by atoms with Crippen LogP contribution < -0.4 is 5.32 Å². The van der Waals surface area contributed by atoms with Crippen molar-refractivity contribution in [1.82, 2.24) is 29.5 Å². The molecule has 0 amide bonds. The van der Waals surface area contributed by atoms with E-state index in [4.69, 9.17) is 0 Å². The van der Waals surface area contributed by atoms with Gasteiger partial charge in [0.05, 0.1) is 18.0 Å². The molecule has 30 heavy (non-hydrogen) atoms. The van der Waals surface area contributed by atoms with Crippen molar-refractivity contribution in [2.75, 3.05) is 18.4 Å². The van der Waals surface area contributed by atoms with Crippen LogP contribution in [0.5, 0.6) is 0 Å². The number of halogens is 1. The Morgan fingerprint density at radius 1 is 1.20 bits per heavy atom. The lowest BCUT2D eigenvalue weighted by Gasteiger charge is -2.16. The van der Waals surface area contributed by atoms with E-state index in [0.717, 1.165) is 30.2 Å². The summed E-state index contributed by atoms with van der Waals surface area (Å²) in [4.78, 5) is 15.0. The fourth-order valence-electron chi connectivity index (χ4n) is 3.71. The molecule has 0 bridgehead atoms. The molecular formula is C21H20FN7O. The predicted octanol–water partition coefficient (Wildman–Crippen LogP) is 2.64. The number of nitrogens with zero attached hydrogens (tertiary/aromatic N) is 6. The zero-order valence-electron chi connectivity index (χ0n) is 16.1. The van der Waals surface area contributed by atoms with Gasteiger partial charge >= 0.3 is 0 Å². The summed E-state index contributed by atoms with van der Waals surface area (Å²) in [6.45, 7) is 2.10. The van der Waals surface area contributed by atoms with Crippen LogP contribution >= 0.6 is 0 Å². The number of aromatic nitrogens is 5. The number of fused-ring (bicyclic) bond motifs is 1. The molecule has 5 rings (SSSR count). The lowest BCUT2D eigenvalue weighted by atomic mass is 10.2. The Balaban J connectivity index is 1.60. The Morgan fingerprint density at radius 3 is 2.90 bits per heavy atom. The number of hydrogen-bond acceptors (Lipinski definition) is 7. The fourth-order valence-corrected chi connectivity index (χ4v) is 3.71. The summed E-state index contributed by atoms with van der Waals surface area (Å²) in [6, 6.07) is 9.06. The van der Waals surface area contributed by atoms with Crippen molar-refractivity contribution in [3.63, 3.8) is 0 Å². The normalized spacial score (nSPS) is 16.9. The lowest BCUT2D eigenvalue weighted by molar-refractivity contribution is 0.175. The molecule has 0 radical (unpaired) electrons. The number of pyridine rings is 2. The SMILES string of the molecule is O[C@H]1CCN(Cc2ccn3nc(-c4ccccn4)nc(Nc4ccncc4F)c23)C1. The predicted molar refractivity (Wildman–Crippen MR) is 110 cm³/mol. The molecule has 1 aliphatic heterocycles. The Bertz CT molecular complexity index is 1180. The first kappa shape index (κ1) is 18.6. The summed E-state index contributed by atoms with van der Waals surface area (Å²) >= 11 is 0. The largest absolute Gasteiger partial charge is 0.392 e. The fraction of sp³-hybridized carbons (Fsp3) is 0.238. The molecule has 2 N–H and O–H groups in total. The summed E-state index contributed by atoms with van der Waals surface area (Å²) in [6.07, 6.45) is 6.69. The summed E-state index contributed by atoms with van der Waals surface area (Å²) < 4.78 is 16.0. The average molecular weight is 405 g/mol. The minimum atomic E-state index is -0.468. The molecule has 1 aliphatic rings. The Hall–Kier alpha value is -3.43. The molecule has 0 aliphatic carbocycles. The van der Waals surface area contributed by atoms with Crippen LogP contribution in [0.4, 0.5) is 15.9 Å². The second-order valence-electron chi connectivity index (χ2n) is 7.29. The summed E-state index contributed by atoms with van der Waals surface area (Å²) in [5, 5.41) is 17.6. The lowest BCUT2D eigenvalue weighted by Crippen LogP contribution is -2.21. The van der Waals surface area contributed by atoms with Crippen molar-refractivity contribution >= 4 is 17.0 Å². The zero-order valence-corrected chi connectivity index (χ0v) is 16.1. The van der Waals surface area contributed by atoms with Gasteiger partial charge in [0.1, 0.15) is 11.2 Å². The molecule has 1 fully saturated rings. The van der Waals surface area contributed by atoms with Crippen molar-refractivity contribution in [2.45, 2.75) is 19.1 Å². The van der Waals surface area contributed by atoms with Gasteiger partial charge < -0.3 is 10.4 Å². The quantitative estimate of drug-likeness (QED) is 0.527. The number of aliphatic hydroxyl groups is 1. The number of likely N-dealkylation sites (tertiary alicyclic amines) is 1. The topological polar surface area (TPSA) is 91.5 Å². The van der Waals surface area contributed by atoms with E-state index in [1.807, 2.05) is 30.5 Å². The zero-order chi connectivity index (χ0) is 20.5. The number of aliphatic hydroxyl groups excluding tert-OH is 1. The maximum absolute atomic E-state index is 14.3. The van der Waals surface area contributed by atoms with Crippen molar-refractivity contribution in [1.29, 1.82) is 0 Å². The van der Waals surface area contributed by atoms with E-state index >= 15 is 0 Å². The third-order valence-corrected chi connectivity index (χ3v) is 5.16. The number of anilines is 2. The van der Waals surface area contributed by atoms with Crippen molar-refractivity contribution in [3.8, 4) is 11.5 Å². The first-order valence-electron chi connectivity index (χ1n) is 9.74. The van der Waals surface area contributed by atoms with Crippen LogP contribution in [0.25, 0.3) is 17.0 Å². The van der Waals surface area contributed by atoms with Crippen LogP contribution in [0.15, 0.2) is 55.1 Å². The van der Waals surface area contributed by atoms with Gasteiger partial charge in [-0.25, -0.2) is 13.9 Å². The van der Waals surface area contributed by atoms with E-state index in [2.05, 4.69) is 30.3 Å². The van der Waals surface area contributed by atoms with E-state index in [1.165, 1.54) is 6.20 Å². The van der Waals surface area contributed by atoms with Crippen LogP contribution in [-0.2, 0) is 6.54 Å². The van der Waals surface area contributed by atoms with E-state index in [0.29, 0.717) is 30.4 Å². The second-order valence-corrected chi connectivity index (χ2v) is 7.29. The molecule has 152 valence electrons. The van der Waals surface area contributed by atoms with Crippen molar-refractivity contribution in [3.05, 3.63) is 66.5 Å². The van der Waals surface area contributed by atoms with Crippen LogP contribution in [0.3, 0.4) is 0 Å². The monoisotopic (exact) mass is 405 g/mol. The maximum atomic E-state index is 14.3. The molecule has 0 unspecified atom stereocenters. The van der Waals surface area contributed by atoms with Gasteiger partial charge in [-0.3, -0.25) is 14.9 Å². The van der Waals surface area contributed by atoms with Crippen LogP contribution in [0.1, 0.15) is 12.0 Å². The highest BCUT2D eigenvalue weighted by atomic mass is 19.1. The number of rotatable bonds is 5. The molecule has 1 saturated heterocycles. The van der Waals surface area contributed by atoms with Crippen LogP contribution in [0, 0.1) is 5.82 Å². The number of nitrogens with one attached hydrogen (secondary N) is 1.